The van der Waals surface area contributed by atoms with Crippen molar-refractivity contribution < 1.29 is 59.1 Å². The van der Waals surface area contributed by atoms with Crippen LogP contribution in [0.15, 0.2) is 0 Å². The van der Waals surface area contributed by atoms with Gasteiger partial charge in [0.15, 0.2) is 0 Å². The number of hydrogen-bond acceptors (Lipinski definition) is 8. The fourth-order valence-electron chi connectivity index (χ4n) is 10.6. The molecule has 0 bridgehead atoms. The van der Waals surface area contributed by atoms with E-state index in [9.17, 15) is 39.6 Å². The molecule has 0 aromatic heterocycles. The molecule has 0 radical (unpaired) electrons. The predicted octanol–water partition coefficient (Wildman–Crippen LogP) is 19.6. The molecule has 8 nitrogen and oxygen atoms in total. The van der Waals surface area contributed by atoms with E-state index in [1.807, 2.05) is 0 Å². The average molecular weight is 1220 g/mol. The molecule has 0 aromatic carbocycles. The van der Waals surface area contributed by atoms with E-state index in [4.69, 9.17) is 0 Å². The van der Waals surface area contributed by atoms with E-state index in [-0.39, 0.29) is 68.2 Å². The quantitative estimate of drug-likeness (QED) is 0.0430. The molecule has 0 amide bonds. The zero-order chi connectivity index (χ0) is 59.6. The van der Waals surface area contributed by atoms with Gasteiger partial charge in [0.2, 0.25) is 0 Å². The summed E-state index contributed by atoms with van der Waals surface area (Å²) in [5.41, 5.74) is 0. The van der Waals surface area contributed by atoms with Gasteiger partial charge < -0.3 is 39.6 Å². The summed E-state index contributed by atoms with van der Waals surface area (Å²) in [5.74, 6) is -3.61. The number of carboxylic acids is 4. The maximum Gasteiger partial charge on any atom is 2.00 e. The number of aliphatic carboxylic acids is 4. The zero-order valence-electron chi connectivity index (χ0n) is 55.9. The van der Waals surface area contributed by atoms with Crippen LogP contribution >= 0.6 is 0 Å². The van der Waals surface area contributed by atoms with Gasteiger partial charge in [-0.3, -0.25) is 0 Å². The Labute approximate surface area is 541 Å². The average Bonchev–Trinajstić information content (AvgIpc) is 3.43. The van der Waals surface area contributed by atoms with Gasteiger partial charge in [0, 0.05) is 23.9 Å². The SMILES string of the molecule is CCCCCCCCCCCCCCCCCC(=O)[O-].CCCCCCCCCCCCCCCCCC(=O)[O-].CCCCCCCCCCCCCCCCCC(=O)[O-].CCCCCCCCCCCCCCCCCC(=O)[O-].[Mg+2].[Zn+2]. The second-order valence-electron chi connectivity index (χ2n) is 24.3. The normalized spacial score (nSPS) is 10.6. The van der Waals surface area contributed by atoms with Gasteiger partial charge in [-0.15, -0.1) is 0 Å². The van der Waals surface area contributed by atoms with Crippen molar-refractivity contribution in [3.05, 3.63) is 0 Å². The number of carboxylic acid groups (broad SMARTS) is 4. The first-order valence-corrected chi connectivity index (χ1v) is 35.9. The van der Waals surface area contributed by atoms with Crippen molar-refractivity contribution in [3.8, 4) is 0 Å². The molecule has 0 saturated heterocycles. The van der Waals surface area contributed by atoms with Gasteiger partial charge in [-0.1, -0.05) is 387 Å². The fraction of sp³-hybridized carbons (Fsp3) is 0.944. The summed E-state index contributed by atoms with van der Waals surface area (Å²) >= 11 is 0. The summed E-state index contributed by atoms with van der Waals surface area (Å²) in [4.78, 5) is 40.9. The minimum absolute atomic E-state index is 0. The molecule has 0 N–H and O–H groups in total. The molecule has 0 spiro atoms. The van der Waals surface area contributed by atoms with Crippen molar-refractivity contribution in [2.45, 2.75) is 439 Å². The maximum atomic E-state index is 10.2. The number of carbonyl (C=O) groups is 4. The van der Waals surface area contributed by atoms with Crippen molar-refractivity contribution in [1.82, 2.24) is 0 Å². The Morgan fingerprint density at radius 2 is 0.244 bits per heavy atom. The summed E-state index contributed by atoms with van der Waals surface area (Å²) in [5, 5.41) is 40.9. The first-order valence-electron chi connectivity index (χ1n) is 35.9. The molecule has 480 valence electrons. The first kappa shape index (κ1) is 92.4. The number of hydrogen-bond donors (Lipinski definition) is 0. The van der Waals surface area contributed by atoms with Gasteiger partial charge in [0.25, 0.3) is 0 Å². The molecule has 82 heavy (non-hydrogen) atoms. The molecule has 0 aliphatic carbocycles. The third-order valence-electron chi connectivity index (χ3n) is 15.9. The molecule has 0 heterocycles. The van der Waals surface area contributed by atoms with Crippen LogP contribution in [0, 0.1) is 0 Å². The topological polar surface area (TPSA) is 161 Å². The molecule has 0 saturated carbocycles. The van der Waals surface area contributed by atoms with Crippen LogP contribution in [0.4, 0.5) is 0 Å². The van der Waals surface area contributed by atoms with Crippen LogP contribution in [0.25, 0.3) is 0 Å². The Kier molecular flexibility index (Phi) is 100. The summed E-state index contributed by atoms with van der Waals surface area (Å²) in [6.45, 7) is 9.07. The molecule has 0 rings (SSSR count). The van der Waals surface area contributed by atoms with E-state index >= 15 is 0 Å². The first-order chi connectivity index (χ1) is 39.1. The van der Waals surface area contributed by atoms with E-state index in [1.54, 1.807) is 0 Å². The van der Waals surface area contributed by atoms with Crippen molar-refractivity contribution in [1.29, 1.82) is 0 Å². The molecule has 0 unspecified atom stereocenters. The van der Waals surface area contributed by atoms with E-state index in [0.717, 1.165) is 51.4 Å². The van der Waals surface area contributed by atoms with Gasteiger partial charge in [-0.2, -0.15) is 0 Å². The Bertz CT molecular complexity index is 998. The largest absolute Gasteiger partial charge is 2.00 e. The van der Waals surface area contributed by atoms with Crippen LogP contribution in [-0.2, 0) is 38.7 Å². The van der Waals surface area contributed by atoms with E-state index in [2.05, 4.69) is 27.7 Å². The van der Waals surface area contributed by atoms with Crippen molar-refractivity contribution >= 4 is 46.9 Å². The minimum Gasteiger partial charge on any atom is -0.550 e. The Balaban J connectivity index is -0.000000233. The monoisotopic (exact) mass is 1220 g/mol. The molecule has 0 aromatic rings. The fourth-order valence-corrected chi connectivity index (χ4v) is 10.6. The number of rotatable bonds is 64. The standard InChI is InChI=1S/4C18H36O2.Mg.Zn/c4*1-2-3-4-5-6-7-8-9-10-11-12-13-14-15-16-17-18(19)20;;/h4*2-17H2,1H3,(H,19,20);;/q;;;;2*+2/p-4. The van der Waals surface area contributed by atoms with Gasteiger partial charge in [-0.05, 0) is 51.4 Å². The van der Waals surface area contributed by atoms with Crippen molar-refractivity contribution in [2.75, 3.05) is 0 Å². The van der Waals surface area contributed by atoms with E-state index in [0.29, 0.717) is 0 Å². The van der Waals surface area contributed by atoms with Gasteiger partial charge in [0.1, 0.15) is 0 Å². The minimum atomic E-state index is -0.903. The third kappa shape index (κ3) is 107. The molecular weight excluding hydrogens is 1080 g/mol. The third-order valence-corrected chi connectivity index (χ3v) is 15.9. The van der Waals surface area contributed by atoms with Crippen LogP contribution < -0.4 is 20.4 Å². The Morgan fingerprint density at radius 1 is 0.171 bits per heavy atom. The summed E-state index contributed by atoms with van der Waals surface area (Å²) < 4.78 is 0. The molecule has 0 aliphatic heterocycles. The molecule has 10 heteroatoms. The number of unbranched alkanes of at least 4 members (excludes halogenated alkanes) is 56. The number of carbonyl (C=O) groups excluding carboxylic acids is 4. The van der Waals surface area contributed by atoms with Crippen molar-refractivity contribution in [2.24, 2.45) is 0 Å². The smallest absolute Gasteiger partial charge is 0.550 e. The van der Waals surface area contributed by atoms with Gasteiger partial charge in [0.05, 0.1) is 0 Å². The van der Waals surface area contributed by atoms with Crippen molar-refractivity contribution in [3.63, 3.8) is 0 Å². The Morgan fingerprint density at radius 3 is 0.317 bits per heavy atom. The Hall–Kier alpha value is -0.730. The summed E-state index contributed by atoms with van der Waals surface area (Å²) in [6.07, 6.45) is 79.4. The maximum absolute atomic E-state index is 10.2. The van der Waals surface area contributed by atoms with Gasteiger partial charge >= 0.3 is 42.5 Å². The molecule has 0 fully saturated rings. The van der Waals surface area contributed by atoms with E-state index < -0.39 is 23.9 Å². The second kappa shape index (κ2) is 89.0. The van der Waals surface area contributed by atoms with E-state index in [1.165, 1.54) is 334 Å². The summed E-state index contributed by atoms with van der Waals surface area (Å²) in [6, 6.07) is 0. The van der Waals surface area contributed by atoms with Crippen LogP contribution in [0.5, 0.6) is 0 Å². The molecule has 0 aliphatic rings. The van der Waals surface area contributed by atoms with Crippen LogP contribution in [-0.4, -0.2) is 46.9 Å². The van der Waals surface area contributed by atoms with Crippen LogP contribution in [0.2, 0.25) is 0 Å². The molecular formula is C72H140MgO8Zn. The summed E-state index contributed by atoms with van der Waals surface area (Å²) in [7, 11) is 0. The van der Waals surface area contributed by atoms with Gasteiger partial charge in [-0.25, -0.2) is 0 Å². The second-order valence-corrected chi connectivity index (χ2v) is 24.3. The van der Waals surface area contributed by atoms with Crippen LogP contribution in [0.3, 0.4) is 0 Å². The predicted molar refractivity (Wildman–Crippen MR) is 344 cm³/mol. The van der Waals surface area contributed by atoms with Crippen LogP contribution in [0.1, 0.15) is 439 Å². The zero-order valence-corrected chi connectivity index (χ0v) is 60.3. The molecule has 0 atom stereocenters.